The molecule has 6 heteroatoms. The lowest BCUT2D eigenvalue weighted by molar-refractivity contribution is -0.123. The lowest BCUT2D eigenvalue weighted by atomic mass is 9.98. The molecule has 1 aromatic carbocycles. The maximum absolute atomic E-state index is 12.2. The van der Waals surface area contributed by atoms with Crippen molar-refractivity contribution in [2.45, 2.75) is 31.8 Å². The summed E-state index contributed by atoms with van der Waals surface area (Å²) in [5.74, 6) is 1.68. The van der Waals surface area contributed by atoms with E-state index < -0.39 is 5.54 Å². The third-order valence-electron chi connectivity index (χ3n) is 4.50. The van der Waals surface area contributed by atoms with Gasteiger partial charge in [0.1, 0.15) is 18.8 Å². The lowest BCUT2D eigenvalue weighted by Crippen LogP contribution is -2.49. The first kappa shape index (κ1) is 16.6. The Morgan fingerprint density at radius 1 is 1.38 bits per heavy atom. The van der Waals surface area contributed by atoms with Crippen LogP contribution in [0, 0.1) is 17.2 Å². The normalized spacial score (nSPS) is 18.6. The third-order valence-corrected chi connectivity index (χ3v) is 4.50. The first-order valence-corrected chi connectivity index (χ1v) is 8.29. The second-order valence-corrected chi connectivity index (χ2v) is 6.79. The lowest BCUT2D eigenvalue weighted by Gasteiger charge is -2.25. The van der Waals surface area contributed by atoms with E-state index in [1.54, 1.807) is 0 Å². The molecule has 1 aromatic rings. The number of rotatable bonds is 6. The van der Waals surface area contributed by atoms with E-state index >= 15 is 0 Å². The molecule has 1 aliphatic heterocycles. The molecule has 1 amide bonds. The van der Waals surface area contributed by atoms with Crippen molar-refractivity contribution in [2.24, 2.45) is 5.92 Å². The summed E-state index contributed by atoms with van der Waals surface area (Å²) in [6, 6.07) is 8.08. The van der Waals surface area contributed by atoms with Gasteiger partial charge in [0.05, 0.1) is 12.6 Å². The van der Waals surface area contributed by atoms with E-state index in [1.807, 2.05) is 37.1 Å². The van der Waals surface area contributed by atoms with Crippen LogP contribution >= 0.6 is 0 Å². The van der Waals surface area contributed by atoms with E-state index in [0.29, 0.717) is 19.8 Å². The van der Waals surface area contributed by atoms with E-state index in [9.17, 15) is 10.1 Å². The van der Waals surface area contributed by atoms with Crippen LogP contribution in [-0.4, -0.2) is 43.2 Å². The Morgan fingerprint density at radius 3 is 2.75 bits per heavy atom. The Bertz CT molecular complexity index is 666. The molecule has 1 heterocycles. The molecule has 1 N–H and O–H groups in total. The van der Waals surface area contributed by atoms with Crippen molar-refractivity contribution in [1.29, 1.82) is 5.26 Å². The second-order valence-electron chi connectivity index (χ2n) is 6.79. The van der Waals surface area contributed by atoms with Crippen LogP contribution in [0.25, 0.3) is 0 Å². The van der Waals surface area contributed by atoms with Gasteiger partial charge in [-0.2, -0.15) is 5.26 Å². The average Bonchev–Trinajstić information content (AvgIpc) is 3.39. The second kappa shape index (κ2) is 6.70. The first-order valence-electron chi connectivity index (χ1n) is 8.29. The van der Waals surface area contributed by atoms with E-state index in [4.69, 9.17) is 9.47 Å². The fourth-order valence-corrected chi connectivity index (χ4v) is 3.01. The topological polar surface area (TPSA) is 74.6 Å². The number of nitriles is 1. The van der Waals surface area contributed by atoms with E-state index in [0.717, 1.165) is 29.9 Å². The van der Waals surface area contributed by atoms with Crippen molar-refractivity contribution in [2.75, 3.05) is 26.8 Å². The standard InChI is InChI=1S/C18H23N3O3/c1-18(12-19,14-4-5-14)20-17(22)11-21(2)10-13-3-6-15-16(9-13)24-8-7-23-15/h3,6,9,14H,4-5,7-8,10-11H2,1-2H3,(H,20,22). The summed E-state index contributed by atoms with van der Waals surface area (Å²) in [7, 11) is 1.89. The number of hydrogen-bond donors (Lipinski definition) is 1. The molecule has 3 rings (SSSR count). The molecular formula is C18H23N3O3. The van der Waals surface area contributed by atoms with Gasteiger partial charge in [-0.25, -0.2) is 0 Å². The van der Waals surface area contributed by atoms with Crippen LogP contribution in [0.15, 0.2) is 18.2 Å². The summed E-state index contributed by atoms with van der Waals surface area (Å²) < 4.78 is 11.1. The largest absolute Gasteiger partial charge is 0.486 e. The summed E-state index contributed by atoms with van der Waals surface area (Å²) in [6.45, 7) is 3.81. The maximum Gasteiger partial charge on any atom is 0.235 e. The Kier molecular flexibility index (Phi) is 4.63. The van der Waals surface area contributed by atoms with Crippen molar-refractivity contribution in [3.63, 3.8) is 0 Å². The summed E-state index contributed by atoms with van der Waals surface area (Å²) in [5, 5.41) is 12.2. The molecule has 0 radical (unpaired) electrons. The molecule has 0 aromatic heterocycles. The van der Waals surface area contributed by atoms with Crippen LogP contribution in [0.1, 0.15) is 25.3 Å². The van der Waals surface area contributed by atoms with Gasteiger partial charge < -0.3 is 14.8 Å². The molecule has 0 bridgehead atoms. The number of ether oxygens (including phenoxy) is 2. The summed E-state index contributed by atoms with van der Waals surface area (Å²) in [6.07, 6.45) is 2.02. The molecule has 1 aliphatic carbocycles. The van der Waals surface area contributed by atoms with Gasteiger partial charge in [-0.05, 0) is 50.4 Å². The van der Waals surface area contributed by atoms with Gasteiger partial charge >= 0.3 is 0 Å². The van der Waals surface area contributed by atoms with Crippen LogP contribution in [0.2, 0.25) is 0 Å². The van der Waals surface area contributed by atoms with Crippen molar-refractivity contribution in [1.82, 2.24) is 10.2 Å². The van der Waals surface area contributed by atoms with Crippen LogP contribution in [0.3, 0.4) is 0 Å². The van der Waals surface area contributed by atoms with Crippen LogP contribution in [0.5, 0.6) is 11.5 Å². The summed E-state index contributed by atoms with van der Waals surface area (Å²) >= 11 is 0. The first-order chi connectivity index (χ1) is 11.5. The molecule has 1 fully saturated rings. The number of hydrogen-bond acceptors (Lipinski definition) is 5. The van der Waals surface area contributed by atoms with Gasteiger partial charge in [-0.1, -0.05) is 6.07 Å². The van der Waals surface area contributed by atoms with Crippen molar-refractivity contribution in [3.8, 4) is 17.6 Å². The quantitative estimate of drug-likeness (QED) is 0.860. The molecule has 1 saturated carbocycles. The van der Waals surface area contributed by atoms with Gasteiger partial charge in [-0.15, -0.1) is 0 Å². The van der Waals surface area contributed by atoms with Crippen LogP contribution < -0.4 is 14.8 Å². The predicted octanol–water partition coefficient (Wildman–Crippen LogP) is 1.70. The highest BCUT2D eigenvalue weighted by Gasteiger charge is 2.43. The zero-order valence-electron chi connectivity index (χ0n) is 14.2. The van der Waals surface area contributed by atoms with Crippen LogP contribution in [-0.2, 0) is 11.3 Å². The van der Waals surface area contributed by atoms with Gasteiger partial charge in [0, 0.05) is 6.54 Å². The minimum Gasteiger partial charge on any atom is -0.486 e. The zero-order valence-corrected chi connectivity index (χ0v) is 14.2. The maximum atomic E-state index is 12.2. The third kappa shape index (κ3) is 3.80. The highest BCUT2D eigenvalue weighted by atomic mass is 16.6. The number of amides is 1. The van der Waals surface area contributed by atoms with E-state index in [-0.39, 0.29) is 18.4 Å². The van der Waals surface area contributed by atoms with Gasteiger partial charge in [-0.3, -0.25) is 9.69 Å². The summed E-state index contributed by atoms with van der Waals surface area (Å²) in [5.41, 5.74) is 0.314. The monoisotopic (exact) mass is 329 g/mol. The minimum atomic E-state index is -0.741. The van der Waals surface area contributed by atoms with Gasteiger partial charge in [0.25, 0.3) is 0 Å². The van der Waals surface area contributed by atoms with Gasteiger partial charge in [0.2, 0.25) is 5.91 Å². The molecule has 128 valence electrons. The summed E-state index contributed by atoms with van der Waals surface area (Å²) in [4.78, 5) is 14.2. The Morgan fingerprint density at radius 2 is 2.08 bits per heavy atom. The molecule has 1 unspecified atom stereocenters. The molecule has 1 atom stereocenters. The van der Waals surface area contributed by atoms with Crippen molar-refractivity contribution in [3.05, 3.63) is 23.8 Å². The molecule has 6 nitrogen and oxygen atoms in total. The molecular weight excluding hydrogens is 306 g/mol. The van der Waals surface area contributed by atoms with Gasteiger partial charge in [0.15, 0.2) is 11.5 Å². The highest BCUT2D eigenvalue weighted by molar-refractivity contribution is 5.79. The fraction of sp³-hybridized carbons (Fsp3) is 0.556. The number of benzene rings is 1. The Hall–Kier alpha value is -2.26. The Labute approximate surface area is 142 Å². The molecule has 0 saturated heterocycles. The number of likely N-dealkylation sites (N-methyl/N-ethyl adjacent to an activating group) is 1. The minimum absolute atomic E-state index is 0.119. The average molecular weight is 329 g/mol. The molecule has 24 heavy (non-hydrogen) atoms. The van der Waals surface area contributed by atoms with E-state index in [2.05, 4.69) is 11.4 Å². The molecule has 2 aliphatic rings. The zero-order chi connectivity index (χ0) is 17.2. The van der Waals surface area contributed by atoms with Crippen molar-refractivity contribution >= 4 is 5.91 Å². The van der Waals surface area contributed by atoms with E-state index in [1.165, 1.54) is 0 Å². The number of nitrogens with one attached hydrogen (secondary N) is 1. The number of carbonyl (C=O) groups excluding carboxylic acids is 1. The SMILES string of the molecule is CN(CC(=O)NC(C)(C#N)C1CC1)Cc1ccc2c(c1)OCCO2. The van der Waals surface area contributed by atoms with Crippen molar-refractivity contribution < 1.29 is 14.3 Å². The smallest absolute Gasteiger partial charge is 0.235 e. The number of fused-ring (bicyclic) bond motifs is 1. The predicted molar refractivity (Wildman–Crippen MR) is 88.7 cm³/mol. The molecule has 0 spiro atoms. The number of nitrogens with zero attached hydrogens (tertiary/aromatic N) is 2. The van der Waals surface area contributed by atoms with Crippen LogP contribution in [0.4, 0.5) is 0 Å². The highest BCUT2D eigenvalue weighted by Crippen LogP contribution is 2.39. The Balaban J connectivity index is 1.54. The number of carbonyl (C=O) groups is 1. The fourth-order valence-electron chi connectivity index (χ4n) is 3.01.